The van der Waals surface area contributed by atoms with Crippen LogP contribution in [0.2, 0.25) is 5.02 Å². The van der Waals surface area contributed by atoms with Gasteiger partial charge >= 0.3 is 0 Å². The first kappa shape index (κ1) is 13.6. The van der Waals surface area contributed by atoms with Gasteiger partial charge in [-0.3, -0.25) is 16.3 Å². The lowest BCUT2D eigenvalue weighted by molar-refractivity contribution is 0.445. The summed E-state index contributed by atoms with van der Waals surface area (Å²) in [7, 11) is 0. The molecule has 104 valence electrons. The van der Waals surface area contributed by atoms with Gasteiger partial charge in [-0.05, 0) is 48.6 Å². The van der Waals surface area contributed by atoms with Crippen molar-refractivity contribution >= 4 is 11.6 Å². The second-order valence-corrected chi connectivity index (χ2v) is 5.70. The Bertz CT molecular complexity index is 627. The van der Waals surface area contributed by atoms with E-state index in [1.807, 2.05) is 31.3 Å². The summed E-state index contributed by atoms with van der Waals surface area (Å²) in [6, 6.07) is 10.2. The number of pyridine rings is 1. The highest BCUT2D eigenvalue weighted by atomic mass is 35.5. The van der Waals surface area contributed by atoms with Crippen molar-refractivity contribution in [3.63, 3.8) is 0 Å². The topological polar surface area (TPSA) is 50.9 Å². The summed E-state index contributed by atoms with van der Waals surface area (Å²) in [5, 5.41) is 0.780. The number of hydrogen-bond acceptors (Lipinski definition) is 3. The average molecular weight is 288 g/mol. The molecule has 0 amide bonds. The number of rotatable bonds is 3. The molecule has 0 bridgehead atoms. The Kier molecular flexibility index (Phi) is 3.74. The molecule has 0 radical (unpaired) electrons. The van der Waals surface area contributed by atoms with Gasteiger partial charge in [0.25, 0.3) is 0 Å². The van der Waals surface area contributed by atoms with Crippen molar-refractivity contribution in [3.8, 4) is 0 Å². The van der Waals surface area contributed by atoms with E-state index in [4.69, 9.17) is 17.4 Å². The van der Waals surface area contributed by atoms with Crippen molar-refractivity contribution in [2.24, 2.45) is 5.84 Å². The summed E-state index contributed by atoms with van der Waals surface area (Å²) in [5.41, 5.74) is 7.70. The number of nitrogens with one attached hydrogen (secondary N) is 1. The van der Waals surface area contributed by atoms with Crippen LogP contribution in [0.25, 0.3) is 0 Å². The normalized spacial score (nSPS) is 18.9. The number of halogens is 1. The number of hydrazine groups is 1. The van der Waals surface area contributed by atoms with Crippen LogP contribution in [0.4, 0.5) is 0 Å². The van der Waals surface area contributed by atoms with Crippen LogP contribution in [0.15, 0.2) is 36.5 Å². The van der Waals surface area contributed by atoms with E-state index < -0.39 is 0 Å². The molecule has 1 aliphatic rings. The minimum Gasteiger partial charge on any atom is -0.271 e. The van der Waals surface area contributed by atoms with E-state index in [1.165, 1.54) is 5.56 Å². The van der Waals surface area contributed by atoms with Crippen molar-refractivity contribution in [2.75, 3.05) is 0 Å². The van der Waals surface area contributed by atoms with E-state index in [-0.39, 0.29) is 6.04 Å². The van der Waals surface area contributed by atoms with E-state index in [0.29, 0.717) is 5.92 Å². The maximum atomic E-state index is 6.24. The standard InChI is InChI=1S/C16H18ClN3/c1-10-12(5-2-6-14(10)17)16(20-18)13-8-7-11-4-3-9-19-15(11)13/h2-6,9,13,16,20H,7-8,18H2,1H3. The number of aryl methyl sites for hydroxylation is 1. The molecule has 0 saturated heterocycles. The van der Waals surface area contributed by atoms with E-state index in [1.54, 1.807) is 0 Å². The lowest BCUT2D eigenvalue weighted by Crippen LogP contribution is -2.32. The largest absolute Gasteiger partial charge is 0.271 e. The molecular formula is C16H18ClN3. The van der Waals surface area contributed by atoms with Gasteiger partial charge in [-0.2, -0.15) is 0 Å². The molecule has 0 aliphatic heterocycles. The molecule has 1 heterocycles. The number of fused-ring (bicyclic) bond motifs is 1. The fourth-order valence-corrected chi connectivity index (χ4v) is 3.33. The number of nitrogens with two attached hydrogens (primary N) is 1. The van der Waals surface area contributed by atoms with Crippen LogP contribution in [-0.2, 0) is 6.42 Å². The quantitative estimate of drug-likeness (QED) is 0.673. The average Bonchev–Trinajstić information content (AvgIpc) is 2.88. The third kappa shape index (κ3) is 2.22. The number of aromatic nitrogens is 1. The van der Waals surface area contributed by atoms with Crippen LogP contribution >= 0.6 is 11.6 Å². The minimum atomic E-state index is 0.0462. The van der Waals surface area contributed by atoms with E-state index >= 15 is 0 Å². The van der Waals surface area contributed by atoms with E-state index in [0.717, 1.165) is 34.7 Å². The second kappa shape index (κ2) is 5.52. The SMILES string of the molecule is Cc1c(Cl)cccc1C(NN)C1CCc2cccnc21. The molecule has 3 N–H and O–H groups in total. The van der Waals surface area contributed by atoms with Gasteiger partial charge in [0.2, 0.25) is 0 Å². The van der Waals surface area contributed by atoms with Gasteiger partial charge in [0, 0.05) is 22.8 Å². The summed E-state index contributed by atoms with van der Waals surface area (Å²) in [5.74, 6) is 6.14. The predicted octanol–water partition coefficient (Wildman–Crippen LogP) is 3.28. The summed E-state index contributed by atoms with van der Waals surface area (Å²) < 4.78 is 0. The third-order valence-corrected chi connectivity index (χ3v) is 4.64. The Morgan fingerprint density at radius 1 is 1.35 bits per heavy atom. The Morgan fingerprint density at radius 2 is 2.20 bits per heavy atom. The molecule has 4 heteroatoms. The fourth-order valence-electron chi connectivity index (χ4n) is 3.15. The zero-order chi connectivity index (χ0) is 14.1. The van der Waals surface area contributed by atoms with Gasteiger partial charge < -0.3 is 0 Å². The summed E-state index contributed by atoms with van der Waals surface area (Å²) in [6.45, 7) is 2.04. The van der Waals surface area contributed by atoms with Gasteiger partial charge in [-0.1, -0.05) is 29.8 Å². The zero-order valence-corrected chi connectivity index (χ0v) is 12.2. The molecule has 2 unspecified atom stereocenters. The summed E-state index contributed by atoms with van der Waals surface area (Å²) >= 11 is 6.24. The molecule has 0 spiro atoms. The molecule has 1 aliphatic carbocycles. The van der Waals surface area contributed by atoms with Crippen LogP contribution in [-0.4, -0.2) is 4.98 Å². The molecule has 0 fully saturated rings. The van der Waals surface area contributed by atoms with Crippen LogP contribution in [0, 0.1) is 6.92 Å². The molecule has 3 nitrogen and oxygen atoms in total. The Hall–Kier alpha value is -1.42. The summed E-state index contributed by atoms with van der Waals surface area (Å²) in [6.07, 6.45) is 3.98. The molecule has 20 heavy (non-hydrogen) atoms. The first-order chi connectivity index (χ1) is 9.72. The predicted molar refractivity (Wildman–Crippen MR) is 81.6 cm³/mol. The number of nitrogens with zero attached hydrogens (tertiary/aromatic N) is 1. The highest BCUT2D eigenvalue weighted by molar-refractivity contribution is 6.31. The lowest BCUT2D eigenvalue weighted by Gasteiger charge is -2.25. The van der Waals surface area contributed by atoms with Crippen LogP contribution in [0.5, 0.6) is 0 Å². The van der Waals surface area contributed by atoms with Crippen LogP contribution < -0.4 is 11.3 Å². The smallest absolute Gasteiger partial charge is 0.0546 e. The number of hydrogen-bond donors (Lipinski definition) is 2. The van der Waals surface area contributed by atoms with Gasteiger partial charge in [0.15, 0.2) is 0 Å². The Morgan fingerprint density at radius 3 is 3.00 bits per heavy atom. The van der Waals surface area contributed by atoms with Crippen molar-refractivity contribution in [2.45, 2.75) is 31.7 Å². The number of benzene rings is 1. The van der Waals surface area contributed by atoms with Crippen molar-refractivity contribution in [3.05, 3.63) is 63.9 Å². The minimum absolute atomic E-state index is 0.0462. The molecule has 3 rings (SSSR count). The van der Waals surface area contributed by atoms with Gasteiger partial charge in [0.1, 0.15) is 0 Å². The van der Waals surface area contributed by atoms with Crippen molar-refractivity contribution in [1.82, 2.24) is 10.4 Å². The van der Waals surface area contributed by atoms with Crippen LogP contribution in [0.3, 0.4) is 0 Å². The molecular weight excluding hydrogens is 270 g/mol. The Balaban J connectivity index is 2.02. The van der Waals surface area contributed by atoms with E-state index in [9.17, 15) is 0 Å². The maximum Gasteiger partial charge on any atom is 0.0546 e. The first-order valence-electron chi connectivity index (χ1n) is 6.87. The second-order valence-electron chi connectivity index (χ2n) is 5.29. The van der Waals surface area contributed by atoms with Gasteiger partial charge in [-0.15, -0.1) is 0 Å². The maximum absolute atomic E-state index is 6.24. The lowest BCUT2D eigenvalue weighted by atomic mass is 9.89. The molecule has 1 aromatic heterocycles. The Labute approximate surface area is 124 Å². The van der Waals surface area contributed by atoms with Gasteiger partial charge in [0.05, 0.1) is 6.04 Å². The zero-order valence-electron chi connectivity index (χ0n) is 11.4. The molecule has 0 saturated carbocycles. The highest BCUT2D eigenvalue weighted by Gasteiger charge is 2.32. The van der Waals surface area contributed by atoms with Crippen molar-refractivity contribution < 1.29 is 0 Å². The fraction of sp³-hybridized carbons (Fsp3) is 0.312. The first-order valence-corrected chi connectivity index (χ1v) is 7.25. The molecule has 1 aromatic carbocycles. The third-order valence-electron chi connectivity index (χ3n) is 4.23. The van der Waals surface area contributed by atoms with Crippen molar-refractivity contribution in [1.29, 1.82) is 0 Å². The summed E-state index contributed by atoms with van der Waals surface area (Å²) in [4.78, 5) is 4.56. The van der Waals surface area contributed by atoms with Gasteiger partial charge in [-0.25, -0.2) is 0 Å². The highest BCUT2D eigenvalue weighted by Crippen LogP contribution is 2.41. The monoisotopic (exact) mass is 287 g/mol. The van der Waals surface area contributed by atoms with E-state index in [2.05, 4.69) is 22.5 Å². The molecule has 2 aromatic rings. The molecule has 2 atom stereocenters. The van der Waals surface area contributed by atoms with Crippen LogP contribution in [0.1, 0.15) is 40.8 Å².